The Morgan fingerprint density at radius 3 is 2.42 bits per heavy atom. The normalized spacial score (nSPS) is 18.5. The first kappa shape index (κ1) is 9.30. The van der Waals surface area contributed by atoms with E-state index in [1.165, 1.54) is 12.8 Å². The number of hydrogen-bond acceptors (Lipinski definition) is 2. The van der Waals surface area contributed by atoms with Crippen molar-refractivity contribution in [3.63, 3.8) is 0 Å². The van der Waals surface area contributed by atoms with E-state index in [0.29, 0.717) is 0 Å². The molecule has 0 spiro atoms. The summed E-state index contributed by atoms with van der Waals surface area (Å²) in [7, 11) is 0. The van der Waals surface area contributed by atoms with Crippen LogP contribution < -0.4 is 0 Å². The number of allylic oxidation sites excluding steroid dienone is 1. The molecule has 0 N–H and O–H groups in total. The van der Waals surface area contributed by atoms with Crippen molar-refractivity contribution in [2.24, 2.45) is 0 Å². The van der Waals surface area contributed by atoms with Gasteiger partial charge >= 0.3 is 0 Å². The van der Waals surface area contributed by atoms with E-state index in [4.69, 9.17) is 0 Å². The van der Waals surface area contributed by atoms with Gasteiger partial charge in [-0.2, -0.15) is 0 Å². The number of carbonyl (C=O) groups is 1. The first-order valence-corrected chi connectivity index (χ1v) is 4.69. The van der Waals surface area contributed by atoms with Gasteiger partial charge in [-0.3, -0.25) is 4.79 Å². The van der Waals surface area contributed by atoms with Crippen LogP contribution in [0.3, 0.4) is 0 Å². The molecule has 1 heterocycles. The molecule has 2 nitrogen and oxygen atoms in total. The fourth-order valence-electron chi connectivity index (χ4n) is 1.52. The van der Waals surface area contributed by atoms with Gasteiger partial charge < -0.3 is 4.90 Å². The predicted octanol–water partition coefficient (Wildman–Crippen LogP) is 1.97. The molecule has 0 aromatic rings. The molecule has 0 aromatic heterocycles. The summed E-state index contributed by atoms with van der Waals surface area (Å²) in [6.07, 6.45) is 5.43. The third-order valence-electron chi connectivity index (χ3n) is 2.31. The van der Waals surface area contributed by atoms with E-state index >= 15 is 0 Å². The van der Waals surface area contributed by atoms with Crippen molar-refractivity contribution in [3.05, 3.63) is 11.8 Å². The molecule has 1 rings (SSSR count). The molecule has 0 unspecified atom stereocenters. The lowest BCUT2D eigenvalue weighted by atomic mass is 10.1. The molecule has 0 bridgehead atoms. The Bertz CT molecular complexity index is 190. The van der Waals surface area contributed by atoms with Crippen LogP contribution in [0.2, 0.25) is 0 Å². The zero-order valence-corrected chi connectivity index (χ0v) is 7.97. The van der Waals surface area contributed by atoms with Crippen LogP contribution in [0.1, 0.15) is 33.1 Å². The molecule has 0 saturated carbocycles. The van der Waals surface area contributed by atoms with Crippen molar-refractivity contribution < 1.29 is 4.79 Å². The second-order valence-corrected chi connectivity index (χ2v) is 3.31. The smallest absolute Gasteiger partial charge is 0.157 e. The van der Waals surface area contributed by atoms with Crippen molar-refractivity contribution in [3.8, 4) is 0 Å². The van der Waals surface area contributed by atoms with Gasteiger partial charge in [0.2, 0.25) is 0 Å². The maximum absolute atomic E-state index is 11.1. The molecule has 12 heavy (non-hydrogen) atoms. The van der Waals surface area contributed by atoms with Crippen LogP contribution >= 0.6 is 0 Å². The summed E-state index contributed by atoms with van der Waals surface area (Å²) in [6.45, 7) is 5.92. The molecule has 0 radical (unpaired) electrons. The number of nitrogens with zero attached hydrogens (tertiary/aromatic N) is 1. The van der Waals surface area contributed by atoms with Crippen LogP contribution in [-0.2, 0) is 4.79 Å². The monoisotopic (exact) mass is 167 g/mol. The highest BCUT2D eigenvalue weighted by atomic mass is 16.1. The van der Waals surface area contributed by atoms with Crippen molar-refractivity contribution in [1.29, 1.82) is 0 Å². The lowest BCUT2D eigenvalue weighted by Crippen LogP contribution is -2.13. The summed E-state index contributed by atoms with van der Waals surface area (Å²) in [6, 6.07) is 0. The van der Waals surface area contributed by atoms with Crippen molar-refractivity contribution in [1.82, 2.24) is 4.90 Å². The molecule has 0 aliphatic carbocycles. The Hall–Kier alpha value is -0.790. The van der Waals surface area contributed by atoms with E-state index in [1.807, 2.05) is 13.1 Å². The Balaban J connectivity index is 2.56. The van der Waals surface area contributed by atoms with Crippen molar-refractivity contribution >= 4 is 5.78 Å². The van der Waals surface area contributed by atoms with E-state index < -0.39 is 0 Å². The number of rotatable bonds is 3. The summed E-state index contributed by atoms with van der Waals surface area (Å²) in [5, 5.41) is 0. The quantitative estimate of drug-likeness (QED) is 0.599. The van der Waals surface area contributed by atoms with Crippen LogP contribution in [0.4, 0.5) is 0 Å². The molecule has 1 saturated heterocycles. The molecular formula is C10H17NO. The van der Waals surface area contributed by atoms with Gasteiger partial charge in [0, 0.05) is 24.9 Å². The Morgan fingerprint density at radius 2 is 2.00 bits per heavy atom. The number of hydrogen-bond donors (Lipinski definition) is 0. The highest BCUT2D eigenvalue weighted by molar-refractivity contribution is 5.92. The SMILES string of the molecule is CC/C(=C\N1CCCC1)C(C)=O. The minimum absolute atomic E-state index is 0.212. The van der Waals surface area contributed by atoms with Crippen LogP contribution in [0.5, 0.6) is 0 Å². The number of carbonyl (C=O) groups excluding carboxylic acids is 1. The maximum atomic E-state index is 11.1. The lowest BCUT2D eigenvalue weighted by Gasteiger charge is -2.12. The summed E-state index contributed by atoms with van der Waals surface area (Å²) >= 11 is 0. The standard InChI is InChI=1S/C10H17NO/c1-3-10(9(2)12)8-11-6-4-5-7-11/h8H,3-7H2,1-2H3/b10-8+. The summed E-state index contributed by atoms with van der Waals surface area (Å²) in [5.74, 6) is 0.212. The predicted molar refractivity (Wildman–Crippen MR) is 49.9 cm³/mol. The van der Waals surface area contributed by atoms with E-state index in [-0.39, 0.29) is 5.78 Å². The minimum atomic E-state index is 0.212. The average molecular weight is 167 g/mol. The Morgan fingerprint density at radius 1 is 1.42 bits per heavy atom. The zero-order valence-electron chi connectivity index (χ0n) is 7.97. The van der Waals surface area contributed by atoms with Gasteiger partial charge in [0.05, 0.1) is 0 Å². The topological polar surface area (TPSA) is 20.3 Å². The van der Waals surface area contributed by atoms with Gasteiger partial charge in [-0.25, -0.2) is 0 Å². The molecule has 1 fully saturated rings. The number of likely N-dealkylation sites (tertiary alicyclic amines) is 1. The van der Waals surface area contributed by atoms with E-state index in [0.717, 1.165) is 25.1 Å². The lowest BCUT2D eigenvalue weighted by molar-refractivity contribution is -0.113. The van der Waals surface area contributed by atoms with Gasteiger partial charge in [-0.05, 0) is 26.2 Å². The Kier molecular flexibility index (Phi) is 3.32. The third-order valence-corrected chi connectivity index (χ3v) is 2.31. The maximum Gasteiger partial charge on any atom is 0.157 e. The van der Waals surface area contributed by atoms with E-state index in [2.05, 4.69) is 4.90 Å². The fraction of sp³-hybridized carbons (Fsp3) is 0.700. The first-order chi connectivity index (χ1) is 5.74. The average Bonchev–Trinajstić information content (AvgIpc) is 2.51. The van der Waals surface area contributed by atoms with Crippen LogP contribution in [0, 0.1) is 0 Å². The van der Waals surface area contributed by atoms with Gasteiger partial charge in [0.1, 0.15) is 0 Å². The van der Waals surface area contributed by atoms with Gasteiger partial charge in [-0.1, -0.05) is 6.92 Å². The molecule has 0 aromatic carbocycles. The van der Waals surface area contributed by atoms with Crippen LogP contribution in [0.25, 0.3) is 0 Å². The van der Waals surface area contributed by atoms with Gasteiger partial charge in [-0.15, -0.1) is 0 Å². The highest BCUT2D eigenvalue weighted by Gasteiger charge is 2.09. The molecule has 1 aliphatic heterocycles. The number of Topliss-reactive ketones (excluding diaryl/α,β-unsaturated/α-hetero) is 1. The summed E-state index contributed by atoms with van der Waals surface area (Å²) in [4.78, 5) is 13.3. The minimum Gasteiger partial charge on any atom is -0.377 e. The first-order valence-electron chi connectivity index (χ1n) is 4.69. The fourth-order valence-corrected chi connectivity index (χ4v) is 1.52. The Labute approximate surface area is 74.2 Å². The second-order valence-electron chi connectivity index (χ2n) is 3.31. The number of ketones is 1. The molecule has 68 valence electrons. The molecule has 2 heteroatoms. The van der Waals surface area contributed by atoms with Gasteiger partial charge in [0.15, 0.2) is 5.78 Å². The van der Waals surface area contributed by atoms with Crippen LogP contribution in [0.15, 0.2) is 11.8 Å². The summed E-state index contributed by atoms with van der Waals surface area (Å²) in [5.41, 5.74) is 0.955. The molecule has 1 aliphatic rings. The third kappa shape index (κ3) is 2.36. The molecular weight excluding hydrogens is 150 g/mol. The second kappa shape index (κ2) is 4.29. The van der Waals surface area contributed by atoms with Crippen molar-refractivity contribution in [2.45, 2.75) is 33.1 Å². The van der Waals surface area contributed by atoms with Crippen LogP contribution in [-0.4, -0.2) is 23.8 Å². The van der Waals surface area contributed by atoms with Gasteiger partial charge in [0.25, 0.3) is 0 Å². The molecule has 0 amide bonds. The largest absolute Gasteiger partial charge is 0.377 e. The van der Waals surface area contributed by atoms with Crippen molar-refractivity contribution in [2.75, 3.05) is 13.1 Å². The molecule has 0 atom stereocenters. The van der Waals surface area contributed by atoms with E-state index in [1.54, 1.807) is 6.92 Å². The highest BCUT2D eigenvalue weighted by Crippen LogP contribution is 2.11. The van der Waals surface area contributed by atoms with E-state index in [9.17, 15) is 4.79 Å². The summed E-state index contributed by atoms with van der Waals surface area (Å²) < 4.78 is 0. The zero-order chi connectivity index (χ0) is 8.97.